The van der Waals surface area contributed by atoms with E-state index in [9.17, 15) is 24.0 Å². The number of hydrogen-bond donors (Lipinski definition) is 2. The molecule has 254 valence electrons. The molecule has 0 spiro atoms. The van der Waals surface area contributed by atoms with Crippen LogP contribution in [0.2, 0.25) is 0 Å². The van der Waals surface area contributed by atoms with Crippen LogP contribution in [0.4, 0.5) is 0 Å². The minimum Gasteiger partial charge on any atom is -0.491 e. The third-order valence-corrected chi connectivity index (χ3v) is 9.20. The molecule has 3 aliphatic heterocycles. The van der Waals surface area contributed by atoms with Crippen LogP contribution in [-0.2, 0) is 25.7 Å². The van der Waals surface area contributed by atoms with E-state index in [-0.39, 0.29) is 74.2 Å². The molecule has 0 aliphatic carbocycles. The number of nitrogens with one attached hydrogen (secondary N) is 2. The molecule has 3 aromatic rings. The van der Waals surface area contributed by atoms with E-state index in [1.54, 1.807) is 43.3 Å². The van der Waals surface area contributed by atoms with Gasteiger partial charge in [-0.15, -0.1) is 0 Å². The zero-order valence-electron chi connectivity index (χ0n) is 27.9. The summed E-state index contributed by atoms with van der Waals surface area (Å²) in [5.74, 6) is -0.828. The standard InChI is InChI=1S/C37H45N5O6/c1-4-5-10-33(43)39-29-20-30-24-48-31-15-13-27(14-16-31)37(47)41(3)32(17-18-34(44)40(2)23-35(45)42(30)22-29)36(46)38-21-25-11-12-26-8-6-7-9-28(26)19-25/h6-9,11-16,19,29-30,32H,4-5,10,17-18,20-24H2,1-3H3,(H,38,46)(H,39,43)/t29-,30+,32+/m1/s1. The molecule has 1 saturated heterocycles. The Bertz CT molecular complexity index is 1640. The Balaban J connectivity index is 1.32. The lowest BCUT2D eigenvalue weighted by Crippen LogP contribution is -2.48. The largest absolute Gasteiger partial charge is 0.491 e. The third-order valence-electron chi connectivity index (χ3n) is 9.20. The van der Waals surface area contributed by atoms with Crippen LogP contribution >= 0.6 is 0 Å². The number of likely N-dealkylation sites (N-methyl/N-ethyl adjacent to an activating group) is 2. The number of nitrogens with zero attached hydrogens (tertiary/aromatic N) is 3. The lowest BCUT2D eigenvalue weighted by molar-refractivity contribution is -0.140. The zero-order valence-corrected chi connectivity index (χ0v) is 27.9. The molecule has 0 saturated carbocycles. The summed E-state index contributed by atoms with van der Waals surface area (Å²) in [7, 11) is 3.12. The number of rotatable bonds is 7. The molecule has 5 amide bonds. The molecule has 3 atom stereocenters. The van der Waals surface area contributed by atoms with Crippen molar-refractivity contribution < 1.29 is 28.7 Å². The summed E-state index contributed by atoms with van der Waals surface area (Å²) in [5, 5.41) is 8.16. The second-order valence-electron chi connectivity index (χ2n) is 12.8. The van der Waals surface area contributed by atoms with Gasteiger partial charge in [0.25, 0.3) is 5.91 Å². The molecule has 3 aliphatic rings. The predicted octanol–water partition coefficient (Wildman–Crippen LogP) is 3.50. The van der Waals surface area contributed by atoms with Gasteiger partial charge in [0.2, 0.25) is 23.6 Å². The first-order chi connectivity index (χ1) is 23.1. The highest BCUT2D eigenvalue weighted by Gasteiger charge is 2.37. The van der Waals surface area contributed by atoms with Crippen molar-refractivity contribution in [3.8, 4) is 5.75 Å². The van der Waals surface area contributed by atoms with Crippen LogP contribution in [0.15, 0.2) is 66.7 Å². The van der Waals surface area contributed by atoms with E-state index in [2.05, 4.69) is 10.6 Å². The van der Waals surface area contributed by atoms with E-state index in [0.29, 0.717) is 30.7 Å². The van der Waals surface area contributed by atoms with Crippen molar-refractivity contribution in [1.82, 2.24) is 25.3 Å². The van der Waals surface area contributed by atoms with Crippen molar-refractivity contribution in [3.63, 3.8) is 0 Å². The summed E-state index contributed by atoms with van der Waals surface area (Å²) < 4.78 is 6.06. The molecule has 48 heavy (non-hydrogen) atoms. The van der Waals surface area contributed by atoms with Crippen LogP contribution < -0.4 is 15.4 Å². The van der Waals surface area contributed by atoms with Crippen LogP contribution in [0.3, 0.4) is 0 Å². The number of carbonyl (C=O) groups excluding carboxylic acids is 5. The van der Waals surface area contributed by atoms with Gasteiger partial charge in [-0.05, 0) is 65.9 Å². The summed E-state index contributed by atoms with van der Waals surface area (Å²) in [5.41, 5.74) is 1.28. The van der Waals surface area contributed by atoms with Crippen LogP contribution in [0.25, 0.3) is 10.8 Å². The van der Waals surface area contributed by atoms with E-state index in [4.69, 9.17) is 4.74 Å². The minimum absolute atomic E-state index is 0.0429. The number of unbranched alkanes of at least 4 members (excludes halogenated alkanes) is 1. The smallest absolute Gasteiger partial charge is 0.254 e. The number of hydrogen-bond acceptors (Lipinski definition) is 6. The fourth-order valence-electron chi connectivity index (χ4n) is 6.34. The molecule has 11 heteroatoms. The van der Waals surface area contributed by atoms with Crippen molar-refractivity contribution in [3.05, 3.63) is 77.9 Å². The summed E-state index contributed by atoms with van der Waals surface area (Å²) in [4.78, 5) is 70.9. The van der Waals surface area contributed by atoms with Gasteiger partial charge in [-0.1, -0.05) is 49.7 Å². The topological polar surface area (TPSA) is 128 Å². The van der Waals surface area contributed by atoms with Crippen LogP contribution in [0, 0.1) is 0 Å². The van der Waals surface area contributed by atoms with E-state index in [1.165, 1.54) is 9.80 Å². The highest BCUT2D eigenvalue weighted by Crippen LogP contribution is 2.23. The SMILES string of the molecule is CCCCC(=O)N[C@@H]1C[C@H]2COc3ccc(cc3)C(=O)N(C)[C@H](C(=O)NCc3ccc4ccccc4c3)CCC(=O)N(C)CC(=O)N2C1. The van der Waals surface area contributed by atoms with E-state index in [1.807, 2.05) is 49.4 Å². The van der Waals surface area contributed by atoms with Gasteiger partial charge in [0.1, 0.15) is 18.4 Å². The van der Waals surface area contributed by atoms with Crippen molar-refractivity contribution in [2.45, 2.75) is 70.1 Å². The Hall–Kier alpha value is -4.93. The first kappa shape index (κ1) is 34.4. The number of benzene rings is 3. The van der Waals surface area contributed by atoms with Crippen molar-refractivity contribution >= 4 is 40.3 Å². The normalized spacial score (nSPS) is 20.8. The minimum atomic E-state index is -0.933. The summed E-state index contributed by atoms with van der Waals surface area (Å²) in [6.45, 7) is 2.64. The zero-order chi connectivity index (χ0) is 34.2. The molecule has 3 aromatic carbocycles. The predicted molar refractivity (Wildman–Crippen MR) is 182 cm³/mol. The fraction of sp³-hybridized carbons (Fsp3) is 0.432. The van der Waals surface area contributed by atoms with Gasteiger partial charge in [-0.2, -0.15) is 0 Å². The number of amides is 5. The van der Waals surface area contributed by atoms with Crippen LogP contribution in [0.5, 0.6) is 5.75 Å². The maximum Gasteiger partial charge on any atom is 0.254 e. The van der Waals surface area contributed by atoms with Gasteiger partial charge in [-0.25, -0.2) is 0 Å². The summed E-state index contributed by atoms with van der Waals surface area (Å²) in [6, 6.07) is 19.1. The molecule has 2 N–H and O–H groups in total. The second kappa shape index (κ2) is 15.8. The molecule has 6 rings (SSSR count). The summed E-state index contributed by atoms with van der Waals surface area (Å²) >= 11 is 0. The molecule has 0 aromatic heterocycles. The Labute approximate surface area is 281 Å². The lowest BCUT2D eigenvalue weighted by Gasteiger charge is -2.29. The van der Waals surface area contributed by atoms with Gasteiger partial charge in [0.05, 0.1) is 12.6 Å². The monoisotopic (exact) mass is 655 g/mol. The van der Waals surface area contributed by atoms with E-state index < -0.39 is 6.04 Å². The molecule has 2 bridgehead atoms. The number of carbonyl (C=O) groups is 5. The third kappa shape index (κ3) is 8.50. The van der Waals surface area contributed by atoms with Crippen molar-refractivity contribution in [2.75, 3.05) is 33.8 Å². The van der Waals surface area contributed by atoms with Gasteiger partial charge < -0.3 is 30.1 Å². The first-order valence-electron chi connectivity index (χ1n) is 16.7. The Morgan fingerprint density at radius 1 is 0.938 bits per heavy atom. The highest BCUT2D eigenvalue weighted by molar-refractivity contribution is 5.97. The maximum atomic E-state index is 13.6. The van der Waals surface area contributed by atoms with Gasteiger partial charge in [-0.3, -0.25) is 24.0 Å². The van der Waals surface area contributed by atoms with Crippen LogP contribution in [0.1, 0.15) is 61.4 Å². The van der Waals surface area contributed by atoms with Gasteiger partial charge >= 0.3 is 0 Å². The van der Waals surface area contributed by atoms with Crippen LogP contribution in [-0.4, -0.2) is 96.2 Å². The molecular weight excluding hydrogens is 610 g/mol. The average molecular weight is 656 g/mol. The lowest BCUT2D eigenvalue weighted by atomic mass is 10.1. The number of ether oxygens (including phenoxy) is 1. The van der Waals surface area contributed by atoms with Gasteiger partial charge in [0.15, 0.2) is 0 Å². The summed E-state index contributed by atoms with van der Waals surface area (Å²) in [6.07, 6.45) is 2.69. The maximum absolute atomic E-state index is 13.6. The molecule has 1 fully saturated rings. The molecule has 11 nitrogen and oxygen atoms in total. The highest BCUT2D eigenvalue weighted by atomic mass is 16.5. The first-order valence-corrected chi connectivity index (χ1v) is 16.7. The van der Waals surface area contributed by atoms with E-state index >= 15 is 0 Å². The quantitative estimate of drug-likeness (QED) is 0.401. The van der Waals surface area contributed by atoms with Gasteiger partial charge in [0, 0.05) is 51.6 Å². The van der Waals surface area contributed by atoms with Crippen molar-refractivity contribution in [2.24, 2.45) is 0 Å². The molecule has 0 radical (unpaired) electrons. The van der Waals surface area contributed by atoms with E-state index in [0.717, 1.165) is 29.2 Å². The number of fused-ring (bicyclic) bond motifs is 12. The molecule has 3 heterocycles. The average Bonchev–Trinajstić information content (AvgIpc) is 3.50. The van der Waals surface area contributed by atoms with Crippen molar-refractivity contribution in [1.29, 1.82) is 0 Å². The Morgan fingerprint density at radius 2 is 1.69 bits per heavy atom. The molecule has 0 unspecified atom stereocenters. The molecular formula is C37H45N5O6. The Morgan fingerprint density at radius 3 is 2.44 bits per heavy atom. The Kier molecular flexibility index (Phi) is 11.3. The fourth-order valence-corrected chi connectivity index (χ4v) is 6.34. The second-order valence-corrected chi connectivity index (χ2v) is 12.8.